The van der Waals surface area contributed by atoms with Gasteiger partial charge in [-0.2, -0.15) is 0 Å². The van der Waals surface area contributed by atoms with Crippen LogP contribution >= 0.6 is 0 Å². The first-order valence-corrected chi connectivity index (χ1v) is 8.48. The van der Waals surface area contributed by atoms with Gasteiger partial charge in [-0.25, -0.2) is 9.97 Å². The van der Waals surface area contributed by atoms with Crippen LogP contribution in [0.4, 0.5) is 5.95 Å². The van der Waals surface area contributed by atoms with Gasteiger partial charge < -0.3 is 10.2 Å². The highest BCUT2D eigenvalue weighted by Gasteiger charge is 2.28. The number of hydrogen-bond donors (Lipinski definition) is 1. The molecule has 3 atom stereocenters. The molecule has 1 aromatic heterocycles. The molecule has 4 heteroatoms. The van der Waals surface area contributed by atoms with Crippen LogP contribution in [-0.2, 0) is 0 Å². The monoisotopic (exact) mass is 288 g/mol. The Hall–Kier alpha value is -1.16. The van der Waals surface area contributed by atoms with E-state index in [2.05, 4.69) is 34.0 Å². The van der Waals surface area contributed by atoms with Crippen LogP contribution in [0.5, 0.6) is 0 Å². The Morgan fingerprint density at radius 3 is 2.48 bits per heavy atom. The Labute approximate surface area is 128 Å². The molecule has 1 N–H and O–H groups in total. The van der Waals surface area contributed by atoms with Crippen molar-refractivity contribution < 1.29 is 0 Å². The molecule has 0 spiro atoms. The van der Waals surface area contributed by atoms with Crippen LogP contribution in [0.2, 0.25) is 0 Å². The highest BCUT2D eigenvalue weighted by atomic mass is 15.3. The summed E-state index contributed by atoms with van der Waals surface area (Å²) in [6.45, 7) is 6.92. The molecule has 4 nitrogen and oxygen atoms in total. The van der Waals surface area contributed by atoms with Crippen LogP contribution in [-0.4, -0.2) is 35.1 Å². The zero-order valence-electron chi connectivity index (χ0n) is 13.3. The molecule has 21 heavy (non-hydrogen) atoms. The van der Waals surface area contributed by atoms with Crippen LogP contribution in [0.25, 0.3) is 0 Å². The van der Waals surface area contributed by atoms with Crippen molar-refractivity contribution in [1.82, 2.24) is 15.3 Å². The van der Waals surface area contributed by atoms with E-state index in [1.165, 1.54) is 32.1 Å². The molecule has 116 valence electrons. The molecule has 1 aromatic rings. The Bertz CT molecular complexity index is 426. The molecule has 0 amide bonds. The first kappa shape index (κ1) is 14.8. The highest BCUT2D eigenvalue weighted by Crippen LogP contribution is 2.29. The zero-order chi connectivity index (χ0) is 14.7. The van der Waals surface area contributed by atoms with Crippen LogP contribution in [0.1, 0.15) is 46.0 Å². The van der Waals surface area contributed by atoms with Crippen molar-refractivity contribution in [3.63, 3.8) is 0 Å². The molecule has 3 rings (SSSR count). The summed E-state index contributed by atoms with van der Waals surface area (Å²) in [5.74, 6) is 2.61. The summed E-state index contributed by atoms with van der Waals surface area (Å²) < 4.78 is 0. The second-order valence-electron chi connectivity index (χ2n) is 7.11. The lowest BCUT2D eigenvalue weighted by atomic mass is 9.80. The summed E-state index contributed by atoms with van der Waals surface area (Å²) in [5.41, 5.74) is 0. The van der Waals surface area contributed by atoms with Gasteiger partial charge in [-0.1, -0.05) is 13.8 Å². The van der Waals surface area contributed by atoms with Crippen molar-refractivity contribution in [2.24, 2.45) is 11.8 Å². The van der Waals surface area contributed by atoms with Gasteiger partial charge in [-0.05, 0) is 50.0 Å². The summed E-state index contributed by atoms with van der Waals surface area (Å²) >= 11 is 0. The molecule has 2 aliphatic rings. The van der Waals surface area contributed by atoms with Crippen LogP contribution < -0.4 is 10.2 Å². The topological polar surface area (TPSA) is 41.0 Å². The second-order valence-corrected chi connectivity index (χ2v) is 7.11. The molecule has 1 aliphatic carbocycles. The first-order valence-electron chi connectivity index (χ1n) is 8.48. The molecule has 0 bridgehead atoms. The normalized spacial score (nSPS) is 33.9. The van der Waals surface area contributed by atoms with Crippen molar-refractivity contribution in [3.05, 3.63) is 18.5 Å². The molecule has 1 saturated carbocycles. The minimum absolute atomic E-state index is 0.588. The molecular weight excluding hydrogens is 260 g/mol. The van der Waals surface area contributed by atoms with Gasteiger partial charge in [0.1, 0.15) is 0 Å². The quantitative estimate of drug-likeness (QED) is 0.928. The minimum atomic E-state index is 0.588. The first-order chi connectivity index (χ1) is 10.2. The Morgan fingerprint density at radius 1 is 1.05 bits per heavy atom. The number of anilines is 1. The predicted molar refractivity (Wildman–Crippen MR) is 86.4 cm³/mol. The van der Waals surface area contributed by atoms with E-state index in [0.29, 0.717) is 12.1 Å². The van der Waals surface area contributed by atoms with Crippen LogP contribution in [0, 0.1) is 11.8 Å². The van der Waals surface area contributed by atoms with Gasteiger partial charge in [0.05, 0.1) is 0 Å². The molecule has 1 aliphatic heterocycles. The van der Waals surface area contributed by atoms with E-state index in [-0.39, 0.29) is 0 Å². The fourth-order valence-electron chi connectivity index (χ4n) is 4.17. The number of hydrogen-bond acceptors (Lipinski definition) is 4. The fraction of sp³-hybridized carbons (Fsp3) is 0.765. The van der Waals surface area contributed by atoms with E-state index in [0.717, 1.165) is 30.9 Å². The summed E-state index contributed by atoms with van der Waals surface area (Å²) in [4.78, 5) is 11.1. The Balaban J connectivity index is 1.56. The third kappa shape index (κ3) is 3.94. The summed E-state index contributed by atoms with van der Waals surface area (Å²) in [7, 11) is 0. The van der Waals surface area contributed by atoms with Gasteiger partial charge in [0.15, 0.2) is 0 Å². The van der Waals surface area contributed by atoms with Gasteiger partial charge in [0.25, 0.3) is 0 Å². The molecule has 2 heterocycles. The molecule has 0 aromatic carbocycles. The molecular formula is C17H28N4. The summed E-state index contributed by atoms with van der Waals surface area (Å²) in [5, 5.41) is 3.92. The van der Waals surface area contributed by atoms with Gasteiger partial charge >= 0.3 is 0 Å². The van der Waals surface area contributed by atoms with E-state index in [1.54, 1.807) is 0 Å². The fourth-order valence-corrected chi connectivity index (χ4v) is 4.17. The minimum Gasteiger partial charge on any atom is -0.339 e. The van der Waals surface area contributed by atoms with E-state index in [1.807, 2.05) is 18.5 Å². The number of rotatable bonds is 3. The maximum absolute atomic E-state index is 4.39. The Morgan fingerprint density at radius 2 is 1.76 bits per heavy atom. The lowest BCUT2D eigenvalue weighted by molar-refractivity contribution is 0.218. The van der Waals surface area contributed by atoms with Crippen LogP contribution in [0.15, 0.2) is 18.5 Å². The van der Waals surface area contributed by atoms with Crippen LogP contribution in [0.3, 0.4) is 0 Å². The zero-order valence-corrected chi connectivity index (χ0v) is 13.3. The van der Waals surface area contributed by atoms with Gasteiger partial charge in [-0.15, -0.1) is 0 Å². The summed E-state index contributed by atoms with van der Waals surface area (Å²) in [6.07, 6.45) is 10.3. The maximum Gasteiger partial charge on any atom is 0.225 e. The Kier molecular flexibility index (Phi) is 4.73. The lowest BCUT2D eigenvalue weighted by Gasteiger charge is -2.38. The molecule has 3 unspecified atom stereocenters. The van der Waals surface area contributed by atoms with E-state index in [9.17, 15) is 0 Å². The molecule has 2 fully saturated rings. The van der Waals surface area contributed by atoms with Gasteiger partial charge in [0, 0.05) is 37.6 Å². The van der Waals surface area contributed by atoms with Crippen molar-refractivity contribution >= 4 is 5.95 Å². The van der Waals surface area contributed by atoms with E-state index < -0.39 is 0 Å². The van der Waals surface area contributed by atoms with Gasteiger partial charge in [0.2, 0.25) is 5.95 Å². The standard InChI is InChI=1S/C17H28N4/c1-13-9-14(2)11-16(10-13)20-15-5-3-8-21(12-15)17-18-6-4-7-19-17/h4,6-7,13-16,20H,3,5,8-12H2,1-2H3. The van der Waals surface area contributed by atoms with E-state index >= 15 is 0 Å². The SMILES string of the molecule is CC1CC(C)CC(NC2CCCN(c3ncccn3)C2)C1. The van der Waals surface area contributed by atoms with E-state index in [4.69, 9.17) is 0 Å². The summed E-state index contributed by atoms with van der Waals surface area (Å²) in [6, 6.07) is 3.17. The average molecular weight is 288 g/mol. The number of nitrogens with one attached hydrogen (secondary N) is 1. The predicted octanol–water partition coefficient (Wildman–Crippen LogP) is 2.86. The third-order valence-corrected chi connectivity index (χ3v) is 4.91. The van der Waals surface area contributed by atoms with Crippen molar-refractivity contribution in [2.45, 2.75) is 58.0 Å². The highest BCUT2D eigenvalue weighted by molar-refractivity contribution is 5.29. The van der Waals surface area contributed by atoms with Crippen molar-refractivity contribution in [3.8, 4) is 0 Å². The number of piperidine rings is 1. The molecule has 0 radical (unpaired) electrons. The smallest absolute Gasteiger partial charge is 0.225 e. The third-order valence-electron chi connectivity index (χ3n) is 4.91. The van der Waals surface area contributed by atoms with Crippen molar-refractivity contribution in [2.75, 3.05) is 18.0 Å². The second kappa shape index (κ2) is 6.73. The van der Waals surface area contributed by atoms with Gasteiger partial charge in [-0.3, -0.25) is 0 Å². The maximum atomic E-state index is 4.39. The van der Waals surface area contributed by atoms with Crippen molar-refractivity contribution in [1.29, 1.82) is 0 Å². The number of nitrogens with zero attached hydrogens (tertiary/aromatic N) is 3. The molecule has 1 saturated heterocycles. The largest absolute Gasteiger partial charge is 0.339 e. The average Bonchev–Trinajstić information content (AvgIpc) is 2.47. The lowest BCUT2D eigenvalue weighted by Crippen LogP contribution is -2.51. The number of aromatic nitrogens is 2.